The maximum Gasteiger partial charge on any atom is 0.156 e. The highest BCUT2D eigenvalue weighted by molar-refractivity contribution is 7.98. The van der Waals surface area contributed by atoms with Gasteiger partial charge in [0, 0.05) is 16.8 Å². The van der Waals surface area contributed by atoms with Crippen LogP contribution in [0.3, 0.4) is 0 Å². The summed E-state index contributed by atoms with van der Waals surface area (Å²) in [7, 11) is 1.68. The standard InChI is InChI=1S/C14H13N3OS.C2H6.CH4/c1-18-12-4-2-11(3-5-12)9-19-13-6-7-17-14(8-13)15-10-16-17;1-2;/h2-8,10H,9H2,1H3;1-2H3;1H4. The first-order valence-electron chi connectivity index (χ1n) is 6.90. The molecule has 2 heterocycles. The summed E-state index contributed by atoms with van der Waals surface area (Å²) in [6.45, 7) is 4.00. The molecule has 0 radical (unpaired) electrons. The highest BCUT2D eigenvalue weighted by Gasteiger charge is 2.00. The molecule has 0 aliphatic heterocycles. The van der Waals surface area contributed by atoms with Gasteiger partial charge in [0.2, 0.25) is 0 Å². The second-order valence-corrected chi connectivity index (χ2v) is 5.11. The molecule has 3 rings (SSSR count). The Hall–Kier alpha value is -2.01. The van der Waals surface area contributed by atoms with Crippen molar-refractivity contribution in [1.82, 2.24) is 14.6 Å². The van der Waals surface area contributed by atoms with Gasteiger partial charge in [0.15, 0.2) is 5.65 Å². The van der Waals surface area contributed by atoms with Crippen LogP contribution >= 0.6 is 11.8 Å². The average molecular weight is 317 g/mol. The predicted molar refractivity (Wildman–Crippen MR) is 93.6 cm³/mol. The minimum Gasteiger partial charge on any atom is -0.497 e. The molecule has 2 aromatic heterocycles. The van der Waals surface area contributed by atoms with Crippen molar-refractivity contribution in [3.8, 4) is 5.75 Å². The molecule has 0 unspecified atom stereocenters. The zero-order chi connectivity index (χ0) is 15.1. The fraction of sp³-hybridized carbons (Fsp3) is 0.294. The first-order chi connectivity index (χ1) is 10.3. The van der Waals surface area contributed by atoms with Crippen molar-refractivity contribution >= 4 is 17.4 Å². The smallest absolute Gasteiger partial charge is 0.156 e. The van der Waals surface area contributed by atoms with E-state index in [2.05, 4.69) is 28.3 Å². The van der Waals surface area contributed by atoms with Crippen LogP contribution < -0.4 is 4.74 Å². The van der Waals surface area contributed by atoms with Gasteiger partial charge >= 0.3 is 0 Å². The SMILES string of the molecule is C.CC.COc1ccc(CSc2ccn3ncnc3c2)cc1. The van der Waals surface area contributed by atoms with E-state index < -0.39 is 0 Å². The predicted octanol–water partition coefficient (Wildman–Crippen LogP) is 4.69. The van der Waals surface area contributed by atoms with E-state index in [1.54, 1.807) is 29.7 Å². The second-order valence-electron chi connectivity index (χ2n) is 4.06. The Bertz CT molecular complexity index is 680. The van der Waals surface area contributed by atoms with Crippen LogP contribution in [-0.2, 0) is 5.75 Å². The highest BCUT2D eigenvalue weighted by Crippen LogP contribution is 2.24. The van der Waals surface area contributed by atoms with Crippen molar-refractivity contribution in [2.24, 2.45) is 0 Å². The third-order valence-corrected chi connectivity index (χ3v) is 3.88. The zero-order valence-electron chi connectivity index (χ0n) is 12.5. The summed E-state index contributed by atoms with van der Waals surface area (Å²) in [6, 6.07) is 12.2. The molecular formula is C17H23N3OS. The first kappa shape index (κ1) is 18.0. The molecule has 5 heteroatoms. The number of nitrogens with zero attached hydrogens (tertiary/aromatic N) is 3. The first-order valence-corrected chi connectivity index (χ1v) is 7.89. The van der Waals surface area contributed by atoms with Crippen molar-refractivity contribution in [1.29, 1.82) is 0 Å². The zero-order valence-corrected chi connectivity index (χ0v) is 13.3. The minimum atomic E-state index is 0. The lowest BCUT2D eigenvalue weighted by atomic mass is 10.2. The van der Waals surface area contributed by atoms with Crippen molar-refractivity contribution in [2.45, 2.75) is 31.9 Å². The molecule has 0 aliphatic carbocycles. The lowest BCUT2D eigenvalue weighted by Crippen LogP contribution is -1.87. The van der Waals surface area contributed by atoms with Gasteiger partial charge in [-0.1, -0.05) is 33.4 Å². The van der Waals surface area contributed by atoms with Gasteiger partial charge in [-0.05, 0) is 29.8 Å². The number of thioether (sulfide) groups is 1. The second kappa shape index (κ2) is 9.10. The largest absolute Gasteiger partial charge is 0.497 e. The fourth-order valence-corrected chi connectivity index (χ4v) is 2.65. The molecule has 118 valence electrons. The van der Waals surface area contributed by atoms with Gasteiger partial charge in [-0.3, -0.25) is 0 Å². The van der Waals surface area contributed by atoms with Gasteiger partial charge in [0.1, 0.15) is 12.1 Å². The van der Waals surface area contributed by atoms with Crippen molar-refractivity contribution in [3.05, 3.63) is 54.5 Å². The summed E-state index contributed by atoms with van der Waals surface area (Å²) in [6.07, 6.45) is 3.49. The van der Waals surface area contributed by atoms with E-state index in [1.807, 2.05) is 38.2 Å². The summed E-state index contributed by atoms with van der Waals surface area (Å²) in [4.78, 5) is 5.37. The van der Waals surface area contributed by atoms with Gasteiger partial charge in [-0.15, -0.1) is 11.8 Å². The number of fused-ring (bicyclic) bond motifs is 1. The molecular weight excluding hydrogens is 294 g/mol. The van der Waals surface area contributed by atoms with Gasteiger partial charge in [-0.25, -0.2) is 9.50 Å². The average Bonchev–Trinajstić information content (AvgIpc) is 3.03. The lowest BCUT2D eigenvalue weighted by molar-refractivity contribution is 0.414. The van der Waals surface area contributed by atoms with Gasteiger partial charge in [0.05, 0.1) is 7.11 Å². The molecule has 0 aliphatic rings. The van der Waals surface area contributed by atoms with Crippen LogP contribution in [0.1, 0.15) is 26.8 Å². The van der Waals surface area contributed by atoms with Gasteiger partial charge < -0.3 is 4.74 Å². The molecule has 0 saturated carbocycles. The maximum atomic E-state index is 5.15. The number of aromatic nitrogens is 3. The Morgan fingerprint density at radius 2 is 1.86 bits per heavy atom. The van der Waals surface area contributed by atoms with E-state index in [0.29, 0.717) is 0 Å². The van der Waals surface area contributed by atoms with Crippen LogP contribution in [0.2, 0.25) is 0 Å². The van der Waals surface area contributed by atoms with Crippen LogP contribution in [0.4, 0.5) is 0 Å². The van der Waals surface area contributed by atoms with E-state index in [4.69, 9.17) is 4.74 Å². The van der Waals surface area contributed by atoms with Crippen molar-refractivity contribution < 1.29 is 4.74 Å². The van der Waals surface area contributed by atoms with Gasteiger partial charge in [0.25, 0.3) is 0 Å². The van der Waals surface area contributed by atoms with Crippen LogP contribution in [0, 0.1) is 0 Å². The molecule has 1 aromatic carbocycles. The van der Waals surface area contributed by atoms with E-state index in [-0.39, 0.29) is 7.43 Å². The topological polar surface area (TPSA) is 39.4 Å². The maximum absolute atomic E-state index is 5.15. The van der Waals surface area contributed by atoms with Crippen molar-refractivity contribution in [3.63, 3.8) is 0 Å². The Balaban J connectivity index is 0.000000775. The number of hydrogen-bond donors (Lipinski definition) is 0. The Morgan fingerprint density at radius 3 is 2.55 bits per heavy atom. The number of rotatable bonds is 4. The molecule has 0 N–H and O–H groups in total. The summed E-state index contributed by atoms with van der Waals surface area (Å²) in [5.74, 6) is 1.81. The molecule has 0 fully saturated rings. The Labute approximate surface area is 136 Å². The summed E-state index contributed by atoms with van der Waals surface area (Å²) in [5, 5.41) is 4.08. The van der Waals surface area contributed by atoms with E-state index in [1.165, 1.54) is 10.5 Å². The van der Waals surface area contributed by atoms with E-state index in [0.717, 1.165) is 17.1 Å². The number of benzene rings is 1. The summed E-state index contributed by atoms with van der Waals surface area (Å²) in [5.41, 5.74) is 2.15. The summed E-state index contributed by atoms with van der Waals surface area (Å²) < 4.78 is 6.91. The number of pyridine rings is 1. The van der Waals surface area contributed by atoms with Crippen molar-refractivity contribution in [2.75, 3.05) is 7.11 Å². The third-order valence-electron chi connectivity index (χ3n) is 2.82. The quantitative estimate of drug-likeness (QED) is 0.654. The Kier molecular flexibility index (Phi) is 7.46. The molecule has 4 nitrogen and oxygen atoms in total. The summed E-state index contributed by atoms with van der Waals surface area (Å²) >= 11 is 1.78. The van der Waals surface area contributed by atoms with E-state index in [9.17, 15) is 0 Å². The van der Waals surface area contributed by atoms with Crippen LogP contribution in [0.25, 0.3) is 5.65 Å². The molecule has 22 heavy (non-hydrogen) atoms. The highest BCUT2D eigenvalue weighted by atomic mass is 32.2. The van der Waals surface area contributed by atoms with E-state index >= 15 is 0 Å². The number of hydrogen-bond acceptors (Lipinski definition) is 4. The monoisotopic (exact) mass is 317 g/mol. The minimum absolute atomic E-state index is 0. The van der Waals surface area contributed by atoms with Gasteiger partial charge in [-0.2, -0.15) is 5.10 Å². The van der Waals surface area contributed by atoms with Crippen LogP contribution in [0.5, 0.6) is 5.75 Å². The van der Waals surface area contributed by atoms with Crippen LogP contribution in [0.15, 0.2) is 53.8 Å². The molecule has 0 atom stereocenters. The number of ether oxygens (including phenoxy) is 1. The molecule has 0 saturated heterocycles. The third kappa shape index (κ3) is 4.49. The molecule has 0 amide bonds. The molecule has 0 bridgehead atoms. The molecule has 3 aromatic rings. The normalized spacial score (nSPS) is 9.59. The fourth-order valence-electron chi connectivity index (χ4n) is 1.77. The number of methoxy groups -OCH3 is 1. The molecule has 0 spiro atoms. The Morgan fingerprint density at radius 1 is 1.14 bits per heavy atom. The van der Waals surface area contributed by atoms with Crippen LogP contribution in [-0.4, -0.2) is 21.7 Å². The lowest BCUT2D eigenvalue weighted by Gasteiger charge is -2.04.